The molecule has 0 unspecified atom stereocenters. The van der Waals surface area contributed by atoms with Gasteiger partial charge in [-0.15, -0.1) is 0 Å². The summed E-state index contributed by atoms with van der Waals surface area (Å²) in [7, 11) is 0. The molecule has 1 aliphatic carbocycles. The number of aromatic carboxylic acids is 1. The van der Waals surface area contributed by atoms with Crippen LogP contribution < -0.4 is 10.1 Å². The molecule has 0 aliphatic heterocycles. The Morgan fingerprint density at radius 2 is 2.18 bits per heavy atom. The van der Waals surface area contributed by atoms with Crippen LogP contribution in [0.3, 0.4) is 0 Å². The van der Waals surface area contributed by atoms with Gasteiger partial charge in [0.25, 0.3) is 0 Å². The van der Waals surface area contributed by atoms with Crippen molar-refractivity contribution in [3.63, 3.8) is 0 Å². The summed E-state index contributed by atoms with van der Waals surface area (Å²) in [6, 6.07) is 6.77. The molecule has 0 saturated heterocycles. The van der Waals surface area contributed by atoms with Crippen molar-refractivity contribution in [3.8, 4) is 5.75 Å². The van der Waals surface area contributed by atoms with E-state index in [9.17, 15) is 9.90 Å². The minimum absolute atomic E-state index is 0.142. The summed E-state index contributed by atoms with van der Waals surface area (Å²) < 4.78 is 5.80. The van der Waals surface area contributed by atoms with Gasteiger partial charge in [-0.3, -0.25) is 4.98 Å². The molecule has 2 N–H and O–H groups in total. The van der Waals surface area contributed by atoms with Gasteiger partial charge >= 0.3 is 5.97 Å². The first-order chi connectivity index (χ1) is 10.6. The van der Waals surface area contributed by atoms with E-state index in [1.807, 2.05) is 0 Å². The van der Waals surface area contributed by atoms with E-state index in [-0.39, 0.29) is 5.56 Å². The number of nitrogens with one attached hydrogen (secondary N) is 1. The minimum Gasteiger partial charge on any atom is -0.490 e. The van der Waals surface area contributed by atoms with Gasteiger partial charge in [-0.1, -0.05) is 17.7 Å². The van der Waals surface area contributed by atoms with Crippen LogP contribution in [0.5, 0.6) is 5.75 Å². The number of ether oxygens (including phenoxy) is 1. The molecule has 5 nitrogen and oxygen atoms in total. The Morgan fingerprint density at radius 1 is 1.36 bits per heavy atom. The molecule has 1 saturated carbocycles. The van der Waals surface area contributed by atoms with Crippen molar-refractivity contribution >= 4 is 28.9 Å². The summed E-state index contributed by atoms with van der Waals surface area (Å²) in [6.07, 6.45) is 5.27. The number of hydrogen-bond donors (Lipinski definition) is 2. The Morgan fingerprint density at radius 3 is 2.91 bits per heavy atom. The lowest BCUT2D eigenvalue weighted by Gasteiger charge is -2.15. The molecule has 1 aromatic heterocycles. The van der Waals surface area contributed by atoms with Crippen molar-refractivity contribution in [1.29, 1.82) is 0 Å². The zero-order valence-corrected chi connectivity index (χ0v) is 12.5. The van der Waals surface area contributed by atoms with Crippen LogP contribution >= 0.6 is 11.6 Å². The predicted octanol–water partition coefficient (Wildman–Crippen LogP) is 3.97. The summed E-state index contributed by atoms with van der Waals surface area (Å²) in [4.78, 5) is 15.2. The van der Waals surface area contributed by atoms with Crippen molar-refractivity contribution in [3.05, 3.63) is 47.2 Å². The maximum Gasteiger partial charge on any atom is 0.337 e. The molecular formula is C16H15ClN2O3. The zero-order chi connectivity index (χ0) is 15.5. The van der Waals surface area contributed by atoms with Gasteiger partial charge in [0, 0.05) is 6.20 Å². The minimum atomic E-state index is -1.02. The van der Waals surface area contributed by atoms with E-state index in [4.69, 9.17) is 16.3 Å². The molecule has 1 aliphatic rings. The van der Waals surface area contributed by atoms with E-state index < -0.39 is 5.97 Å². The number of carboxylic acid groups (broad SMARTS) is 1. The lowest BCUT2D eigenvalue weighted by Crippen LogP contribution is -2.06. The number of para-hydroxylation sites is 1. The van der Waals surface area contributed by atoms with Crippen LogP contribution in [0.15, 0.2) is 36.7 Å². The Balaban J connectivity index is 1.88. The molecule has 6 heteroatoms. The highest BCUT2D eigenvalue weighted by Gasteiger charge is 2.23. The lowest BCUT2D eigenvalue weighted by atomic mass is 10.2. The van der Waals surface area contributed by atoms with E-state index >= 15 is 0 Å². The van der Waals surface area contributed by atoms with Gasteiger partial charge in [0.1, 0.15) is 0 Å². The molecule has 2 aromatic rings. The number of pyridine rings is 1. The Kier molecular flexibility index (Phi) is 4.15. The number of halogens is 1. The van der Waals surface area contributed by atoms with E-state index in [1.165, 1.54) is 31.3 Å². The van der Waals surface area contributed by atoms with Crippen LogP contribution in [-0.4, -0.2) is 22.7 Å². The second-order valence-corrected chi connectivity index (χ2v) is 5.63. The topological polar surface area (TPSA) is 71.5 Å². The quantitative estimate of drug-likeness (QED) is 0.843. The molecule has 1 aromatic carbocycles. The van der Waals surface area contributed by atoms with Crippen LogP contribution in [0, 0.1) is 5.92 Å². The standard InChI is InChI=1S/C16H15ClN2O3/c17-12-2-1-3-13(15(12)22-9-10-4-5-10)19-14-8-18-7-6-11(14)16(20)21/h1-3,6-8,10,19H,4-5,9H2,(H,20,21). The number of carbonyl (C=O) groups is 1. The largest absolute Gasteiger partial charge is 0.490 e. The fraction of sp³-hybridized carbons (Fsp3) is 0.250. The first-order valence-corrected chi connectivity index (χ1v) is 7.38. The molecule has 0 bridgehead atoms. The molecule has 0 atom stereocenters. The average Bonchev–Trinajstić information content (AvgIpc) is 3.31. The van der Waals surface area contributed by atoms with Crippen LogP contribution in [-0.2, 0) is 0 Å². The first-order valence-electron chi connectivity index (χ1n) is 7.01. The number of carboxylic acids is 1. The van der Waals surface area contributed by atoms with Crippen molar-refractivity contribution in [2.75, 3.05) is 11.9 Å². The summed E-state index contributed by atoms with van der Waals surface area (Å²) in [5.41, 5.74) is 1.17. The maximum atomic E-state index is 11.3. The van der Waals surface area contributed by atoms with Crippen molar-refractivity contribution in [1.82, 2.24) is 4.98 Å². The number of nitrogens with zero attached hydrogens (tertiary/aromatic N) is 1. The molecular weight excluding hydrogens is 304 g/mol. The van der Waals surface area contributed by atoms with Gasteiger partial charge < -0.3 is 15.2 Å². The molecule has 0 amide bonds. The third-order valence-corrected chi connectivity index (χ3v) is 3.75. The average molecular weight is 319 g/mol. The van der Waals surface area contributed by atoms with Gasteiger partial charge in [-0.2, -0.15) is 0 Å². The van der Waals surface area contributed by atoms with E-state index in [2.05, 4.69) is 10.3 Å². The number of hydrogen-bond acceptors (Lipinski definition) is 4. The molecule has 1 fully saturated rings. The van der Waals surface area contributed by atoms with Crippen molar-refractivity contribution in [2.24, 2.45) is 5.92 Å². The van der Waals surface area contributed by atoms with Gasteiger partial charge in [-0.25, -0.2) is 4.79 Å². The van der Waals surface area contributed by atoms with Crippen LogP contribution in [0.25, 0.3) is 0 Å². The molecule has 0 spiro atoms. The third kappa shape index (κ3) is 3.31. The van der Waals surface area contributed by atoms with E-state index in [1.54, 1.807) is 18.2 Å². The van der Waals surface area contributed by atoms with Crippen LogP contribution in [0.4, 0.5) is 11.4 Å². The van der Waals surface area contributed by atoms with Gasteiger partial charge in [0.15, 0.2) is 5.75 Å². The predicted molar refractivity (Wildman–Crippen MR) is 84.2 cm³/mol. The summed E-state index contributed by atoms with van der Waals surface area (Å²) in [6.45, 7) is 0.622. The molecule has 3 rings (SSSR count). The summed E-state index contributed by atoms with van der Waals surface area (Å²) in [5, 5.41) is 12.8. The smallest absolute Gasteiger partial charge is 0.337 e. The zero-order valence-electron chi connectivity index (χ0n) is 11.8. The van der Waals surface area contributed by atoms with Gasteiger partial charge in [0.2, 0.25) is 0 Å². The first kappa shape index (κ1) is 14.7. The second kappa shape index (κ2) is 6.23. The Labute approximate surface area is 132 Å². The number of anilines is 2. The fourth-order valence-electron chi connectivity index (χ4n) is 2.07. The van der Waals surface area contributed by atoms with Crippen molar-refractivity contribution < 1.29 is 14.6 Å². The van der Waals surface area contributed by atoms with Gasteiger partial charge in [-0.05, 0) is 37.0 Å². The number of aromatic nitrogens is 1. The lowest BCUT2D eigenvalue weighted by molar-refractivity contribution is 0.0698. The summed E-state index contributed by atoms with van der Waals surface area (Å²) >= 11 is 6.20. The normalized spacial score (nSPS) is 13.7. The number of rotatable bonds is 6. The third-order valence-electron chi connectivity index (χ3n) is 3.45. The van der Waals surface area contributed by atoms with Gasteiger partial charge in [0.05, 0.1) is 34.8 Å². The second-order valence-electron chi connectivity index (χ2n) is 5.22. The van der Waals surface area contributed by atoms with Crippen LogP contribution in [0.2, 0.25) is 5.02 Å². The van der Waals surface area contributed by atoms with Crippen LogP contribution in [0.1, 0.15) is 23.2 Å². The highest BCUT2D eigenvalue weighted by atomic mass is 35.5. The van der Waals surface area contributed by atoms with Crippen molar-refractivity contribution in [2.45, 2.75) is 12.8 Å². The Hall–Kier alpha value is -2.27. The highest BCUT2D eigenvalue weighted by Crippen LogP contribution is 2.37. The van der Waals surface area contributed by atoms with E-state index in [0.717, 1.165) is 0 Å². The van der Waals surface area contributed by atoms with E-state index in [0.29, 0.717) is 34.7 Å². The molecule has 0 radical (unpaired) electrons. The Bertz CT molecular complexity index is 702. The molecule has 22 heavy (non-hydrogen) atoms. The molecule has 114 valence electrons. The maximum absolute atomic E-state index is 11.3. The molecule has 1 heterocycles. The monoisotopic (exact) mass is 318 g/mol. The highest BCUT2D eigenvalue weighted by molar-refractivity contribution is 6.32. The number of benzene rings is 1. The summed E-state index contributed by atoms with van der Waals surface area (Å²) in [5.74, 6) is 0.112. The fourth-order valence-corrected chi connectivity index (χ4v) is 2.29. The SMILES string of the molecule is O=C(O)c1ccncc1Nc1cccc(Cl)c1OCC1CC1.